The van der Waals surface area contributed by atoms with Crippen LogP contribution in [0.5, 0.6) is 0 Å². The van der Waals surface area contributed by atoms with E-state index in [1.807, 2.05) is 27.7 Å². The van der Waals surface area contributed by atoms with E-state index >= 15 is 0 Å². The van der Waals surface area contributed by atoms with Crippen molar-refractivity contribution < 1.29 is 19.1 Å². The van der Waals surface area contributed by atoms with Crippen molar-refractivity contribution in [3.05, 3.63) is 0 Å². The third-order valence-corrected chi connectivity index (χ3v) is 3.76. The van der Waals surface area contributed by atoms with Crippen LogP contribution < -0.4 is 0 Å². The molecule has 0 aliphatic carbocycles. The number of esters is 2. The Kier molecular flexibility index (Phi) is 10.1. The molecule has 0 spiro atoms. The highest BCUT2D eigenvalue weighted by atomic mass is 16.6. The third-order valence-electron chi connectivity index (χ3n) is 3.76. The Balaban J connectivity index is 5.21. The molecule has 0 heterocycles. The van der Waals surface area contributed by atoms with Gasteiger partial charge in [-0.1, -0.05) is 53.9 Å². The van der Waals surface area contributed by atoms with Crippen molar-refractivity contribution in [1.29, 1.82) is 0 Å². The summed E-state index contributed by atoms with van der Waals surface area (Å²) in [7, 11) is 0. The molecule has 0 aliphatic rings. The topological polar surface area (TPSA) is 52.6 Å². The third kappa shape index (κ3) is 5.68. The van der Waals surface area contributed by atoms with E-state index in [9.17, 15) is 9.59 Å². The van der Waals surface area contributed by atoms with Crippen LogP contribution in [0.3, 0.4) is 0 Å². The number of ether oxygens (including phenoxy) is 2. The summed E-state index contributed by atoms with van der Waals surface area (Å²) >= 11 is 0. The summed E-state index contributed by atoms with van der Waals surface area (Å²) in [4.78, 5) is 25.1. The molecule has 4 heteroatoms. The van der Waals surface area contributed by atoms with Gasteiger partial charge in [0.1, 0.15) is 0 Å². The van der Waals surface area contributed by atoms with Gasteiger partial charge in [-0.3, -0.25) is 9.59 Å². The molecule has 4 nitrogen and oxygen atoms in total. The number of rotatable bonds is 11. The van der Waals surface area contributed by atoms with E-state index in [0.717, 1.165) is 32.1 Å². The average molecular weight is 300 g/mol. The summed E-state index contributed by atoms with van der Waals surface area (Å²) in [6, 6.07) is 0. The van der Waals surface area contributed by atoms with Crippen molar-refractivity contribution in [3.8, 4) is 0 Å². The maximum Gasteiger partial charge on any atom is 0.323 e. The molecule has 0 rings (SSSR count). The summed E-state index contributed by atoms with van der Waals surface area (Å²) in [5, 5.41) is 0. The van der Waals surface area contributed by atoms with Crippen LogP contribution in [0, 0.1) is 11.3 Å². The molecule has 0 radical (unpaired) electrons. The van der Waals surface area contributed by atoms with Crippen molar-refractivity contribution in [1.82, 2.24) is 0 Å². The van der Waals surface area contributed by atoms with Crippen LogP contribution in [-0.4, -0.2) is 25.2 Å². The first-order valence-corrected chi connectivity index (χ1v) is 8.31. The van der Waals surface area contributed by atoms with Crippen molar-refractivity contribution in [2.45, 2.75) is 73.1 Å². The largest absolute Gasteiger partial charge is 0.465 e. The van der Waals surface area contributed by atoms with E-state index in [1.165, 1.54) is 0 Å². The zero-order chi connectivity index (χ0) is 16.3. The number of carbonyl (C=O) groups excluding carboxylic acids is 2. The molecule has 0 unspecified atom stereocenters. The van der Waals surface area contributed by atoms with Gasteiger partial charge in [0.15, 0.2) is 5.41 Å². The summed E-state index contributed by atoms with van der Waals surface area (Å²) in [5.74, 6) is -0.976. The highest BCUT2D eigenvalue weighted by Gasteiger charge is 2.50. The Morgan fingerprint density at radius 3 is 1.67 bits per heavy atom. The highest BCUT2D eigenvalue weighted by Crippen LogP contribution is 2.37. The molecule has 0 amide bonds. The first-order chi connectivity index (χ1) is 9.97. The Morgan fingerprint density at radius 1 is 0.857 bits per heavy atom. The molecular weight excluding hydrogens is 268 g/mol. The van der Waals surface area contributed by atoms with Gasteiger partial charge < -0.3 is 9.47 Å². The van der Waals surface area contributed by atoms with Crippen LogP contribution in [0.4, 0.5) is 0 Å². The lowest BCUT2D eigenvalue weighted by molar-refractivity contribution is -0.177. The summed E-state index contributed by atoms with van der Waals surface area (Å²) in [6.45, 7) is 10.5. The van der Waals surface area contributed by atoms with Crippen LogP contribution in [0.15, 0.2) is 0 Å². The van der Waals surface area contributed by atoms with E-state index in [2.05, 4.69) is 6.92 Å². The second-order valence-electron chi connectivity index (χ2n) is 5.85. The molecule has 21 heavy (non-hydrogen) atoms. The molecule has 0 aromatic carbocycles. The van der Waals surface area contributed by atoms with Crippen molar-refractivity contribution >= 4 is 11.9 Å². The van der Waals surface area contributed by atoms with Crippen LogP contribution in [0.1, 0.15) is 73.1 Å². The van der Waals surface area contributed by atoms with Gasteiger partial charge in [-0.05, 0) is 25.2 Å². The number of hydrogen-bond acceptors (Lipinski definition) is 4. The average Bonchev–Trinajstić information content (AvgIpc) is 2.46. The van der Waals surface area contributed by atoms with Crippen LogP contribution in [0.25, 0.3) is 0 Å². The zero-order valence-electron chi connectivity index (χ0n) is 14.4. The Hall–Kier alpha value is -1.06. The fraction of sp³-hybridized carbons (Fsp3) is 0.882. The Labute approximate surface area is 129 Å². The van der Waals surface area contributed by atoms with Crippen molar-refractivity contribution in [3.63, 3.8) is 0 Å². The number of hydrogen-bond donors (Lipinski definition) is 0. The van der Waals surface area contributed by atoms with Gasteiger partial charge in [0, 0.05) is 0 Å². The number of carbonyl (C=O) groups is 2. The molecule has 0 aromatic heterocycles. The lowest BCUT2D eigenvalue weighted by Crippen LogP contribution is -2.46. The Morgan fingerprint density at radius 2 is 1.33 bits per heavy atom. The predicted molar refractivity (Wildman–Crippen MR) is 83.9 cm³/mol. The minimum absolute atomic E-state index is 0.136. The lowest BCUT2D eigenvalue weighted by Gasteiger charge is -2.33. The maximum absolute atomic E-state index is 12.5. The molecule has 0 saturated heterocycles. The molecule has 0 bridgehead atoms. The Bertz CT molecular complexity index is 290. The minimum Gasteiger partial charge on any atom is -0.465 e. The van der Waals surface area contributed by atoms with Crippen molar-refractivity contribution in [2.24, 2.45) is 11.3 Å². The first-order valence-electron chi connectivity index (χ1n) is 8.31. The molecule has 0 N–H and O–H groups in total. The van der Waals surface area contributed by atoms with Crippen LogP contribution >= 0.6 is 0 Å². The van der Waals surface area contributed by atoms with Gasteiger partial charge in [0.2, 0.25) is 0 Å². The smallest absolute Gasteiger partial charge is 0.323 e. The quantitative estimate of drug-likeness (QED) is 0.327. The molecule has 0 aliphatic heterocycles. The SMILES string of the molecule is CCCCCC(C(=O)OCCC)(C(=O)OCCC)C(C)C. The second-order valence-corrected chi connectivity index (χ2v) is 5.85. The first kappa shape index (κ1) is 19.9. The molecule has 0 aromatic rings. The fourth-order valence-corrected chi connectivity index (χ4v) is 2.35. The van der Waals surface area contributed by atoms with Gasteiger partial charge in [-0.2, -0.15) is 0 Å². The predicted octanol–water partition coefficient (Wildman–Crippen LogP) is 4.12. The number of unbranched alkanes of at least 4 members (excludes halogenated alkanes) is 2. The lowest BCUT2D eigenvalue weighted by atomic mass is 9.73. The van der Waals surface area contributed by atoms with E-state index in [4.69, 9.17) is 9.47 Å². The van der Waals surface area contributed by atoms with Gasteiger partial charge in [0.05, 0.1) is 13.2 Å². The van der Waals surface area contributed by atoms with E-state index < -0.39 is 17.4 Å². The summed E-state index contributed by atoms with van der Waals surface area (Å²) in [6.07, 6.45) is 4.87. The van der Waals surface area contributed by atoms with Gasteiger partial charge in [-0.25, -0.2) is 0 Å². The van der Waals surface area contributed by atoms with Crippen LogP contribution in [-0.2, 0) is 19.1 Å². The van der Waals surface area contributed by atoms with E-state index in [1.54, 1.807) is 0 Å². The maximum atomic E-state index is 12.5. The van der Waals surface area contributed by atoms with E-state index in [-0.39, 0.29) is 5.92 Å². The molecule has 0 fully saturated rings. The zero-order valence-corrected chi connectivity index (χ0v) is 14.4. The molecule has 0 atom stereocenters. The summed E-state index contributed by atoms with van der Waals surface area (Å²) in [5.41, 5.74) is -1.15. The molecule has 124 valence electrons. The van der Waals surface area contributed by atoms with Gasteiger partial charge in [-0.15, -0.1) is 0 Å². The van der Waals surface area contributed by atoms with Crippen molar-refractivity contribution in [2.75, 3.05) is 13.2 Å². The molecular formula is C17H32O4. The fourth-order valence-electron chi connectivity index (χ4n) is 2.35. The van der Waals surface area contributed by atoms with Crippen LogP contribution in [0.2, 0.25) is 0 Å². The monoisotopic (exact) mass is 300 g/mol. The summed E-state index contributed by atoms with van der Waals surface area (Å²) < 4.78 is 10.6. The standard InChI is InChI=1S/C17H32O4/c1-6-9-10-11-17(14(4)5,15(18)20-12-7-2)16(19)21-13-8-3/h14H,6-13H2,1-5H3. The highest BCUT2D eigenvalue weighted by molar-refractivity contribution is 6.00. The van der Waals surface area contributed by atoms with Gasteiger partial charge >= 0.3 is 11.9 Å². The normalized spacial score (nSPS) is 11.5. The minimum atomic E-state index is -1.15. The second kappa shape index (κ2) is 10.6. The molecule has 0 saturated carbocycles. The van der Waals surface area contributed by atoms with E-state index in [0.29, 0.717) is 19.6 Å². The van der Waals surface area contributed by atoms with Gasteiger partial charge in [0.25, 0.3) is 0 Å².